The van der Waals surface area contributed by atoms with E-state index in [4.69, 9.17) is 4.74 Å². The summed E-state index contributed by atoms with van der Waals surface area (Å²) in [4.78, 5) is 3.53. The Kier molecular flexibility index (Phi) is 4.84. The molecule has 22 heavy (non-hydrogen) atoms. The molecule has 0 atom stereocenters. The van der Waals surface area contributed by atoms with E-state index in [9.17, 15) is 22.0 Å². The summed E-state index contributed by atoms with van der Waals surface area (Å²) in [5, 5.41) is 0. The van der Waals surface area contributed by atoms with Gasteiger partial charge in [-0.2, -0.15) is 22.0 Å². The average Bonchev–Trinajstić information content (AvgIpc) is 2.41. The van der Waals surface area contributed by atoms with Crippen LogP contribution in [-0.4, -0.2) is 11.6 Å². The van der Waals surface area contributed by atoms with Crippen LogP contribution in [-0.2, 0) is 6.18 Å². The molecule has 0 saturated heterocycles. The summed E-state index contributed by atoms with van der Waals surface area (Å²) >= 11 is 3.02. The lowest BCUT2D eigenvalue weighted by Crippen LogP contribution is -2.05. The molecule has 9 heteroatoms. The molecule has 1 aromatic carbocycles. The van der Waals surface area contributed by atoms with Crippen LogP contribution in [0.15, 0.2) is 41.0 Å². The number of rotatable bonds is 4. The zero-order valence-electron chi connectivity index (χ0n) is 10.6. The number of nitrogens with zero attached hydrogens (tertiary/aromatic N) is 1. The van der Waals surface area contributed by atoms with Gasteiger partial charge in [0, 0.05) is 12.3 Å². The van der Waals surface area contributed by atoms with Crippen LogP contribution >= 0.6 is 15.9 Å². The number of hydrogen-bond acceptors (Lipinski definition) is 3. The molecule has 0 fully saturated rings. The maximum Gasteiger partial charge on any atom is 0.417 e. The highest BCUT2D eigenvalue weighted by atomic mass is 79.9. The lowest BCUT2D eigenvalue weighted by molar-refractivity contribution is -0.137. The predicted molar refractivity (Wildman–Crippen MR) is 70.1 cm³/mol. The highest BCUT2D eigenvalue weighted by Gasteiger charge is 2.30. The molecule has 0 radical (unpaired) electrons. The van der Waals surface area contributed by atoms with E-state index in [1.54, 1.807) is 0 Å². The summed E-state index contributed by atoms with van der Waals surface area (Å²) in [6.45, 7) is -2.97. The predicted octanol–water partition coefficient (Wildman–Crippen LogP) is 5.26. The minimum atomic E-state index is -4.48. The van der Waals surface area contributed by atoms with Gasteiger partial charge in [0.2, 0.25) is 5.88 Å². The normalized spacial score (nSPS) is 11.6. The van der Waals surface area contributed by atoms with Crippen LogP contribution in [0.1, 0.15) is 5.56 Å². The Morgan fingerprint density at radius 3 is 2.32 bits per heavy atom. The summed E-state index contributed by atoms with van der Waals surface area (Å²) in [7, 11) is 0. The molecule has 1 heterocycles. The van der Waals surface area contributed by atoms with Crippen LogP contribution in [0.4, 0.5) is 22.0 Å². The first-order valence-corrected chi connectivity index (χ1v) is 6.50. The van der Waals surface area contributed by atoms with Gasteiger partial charge in [0.05, 0.1) is 10.0 Å². The van der Waals surface area contributed by atoms with Gasteiger partial charge in [-0.15, -0.1) is 0 Å². The summed E-state index contributed by atoms with van der Waals surface area (Å²) in [6.07, 6.45) is -3.85. The monoisotopic (exact) mass is 383 g/mol. The van der Waals surface area contributed by atoms with Crippen molar-refractivity contribution < 1.29 is 31.4 Å². The summed E-state index contributed by atoms with van der Waals surface area (Å²) in [5.74, 6) is 0.0332. The van der Waals surface area contributed by atoms with Crippen molar-refractivity contribution in [1.29, 1.82) is 0 Å². The average molecular weight is 384 g/mol. The molecule has 2 rings (SSSR count). The van der Waals surface area contributed by atoms with Crippen LogP contribution in [0.3, 0.4) is 0 Å². The molecule has 0 aliphatic carbocycles. The minimum absolute atomic E-state index is 0.0672. The van der Waals surface area contributed by atoms with Crippen LogP contribution in [0.5, 0.6) is 17.4 Å². The molecule has 0 saturated carbocycles. The van der Waals surface area contributed by atoms with Crippen LogP contribution in [0.25, 0.3) is 0 Å². The molecule has 0 aliphatic rings. The van der Waals surface area contributed by atoms with Crippen molar-refractivity contribution in [3.63, 3.8) is 0 Å². The number of benzene rings is 1. The molecule has 0 aliphatic heterocycles. The Balaban J connectivity index is 2.12. The summed E-state index contributed by atoms with van der Waals surface area (Å²) < 4.78 is 71.0. The number of hydrogen-bond donors (Lipinski definition) is 0. The van der Waals surface area contributed by atoms with Crippen LogP contribution in [0.2, 0.25) is 0 Å². The zero-order valence-corrected chi connectivity index (χ0v) is 12.2. The standard InChI is InChI=1S/C13H7BrF5NO2/c14-9-5-8(2-3-10(9)22-12(15)16)21-11-4-1-7(6-20-11)13(17,18)19/h1-6,12H. The van der Waals surface area contributed by atoms with Crippen molar-refractivity contribution in [3.8, 4) is 17.4 Å². The SMILES string of the molecule is FC(F)Oc1ccc(Oc2ccc(C(F)(F)F)cn2)cc1Br. The molecule has 118 valence electrons. The third kappa shape index (κ3) is 4.30. The van der Waals surface area contributed by atoms with Gasteiger partial charge in [-0.3, -0.25) is 0 Å². The topological polar surface area (TPSA) is 31.4 Å². The van der Waals surface area contributed by atoms with E-state index in [1.807, 2.05) is 0 Å². The Morgan fingerprint density at radius 1 is 1.09 bits per heavy atom. The molecule has 0 spiro atoms. The molecule has 3 nitrogen and oxygen atoms in total. The van der Waals surface area contributed by atoms with E-state index in [-0.39, 0.29) is 21.9 Å². The Labute approximate surface area is 129 Å². The molecular formula is C13H7BrF5NO2. The third-order valence-corrected chi connectivity index (χ3v) is 3.03. The van der Waals surface area contributed by atoms with E-state index in [0.717, 1.165) is 12.1 Å². The molecule has 0 bridgehead atoms. The lowest BCUT2D eigenvalue weighted by Gasteiger charge is -2.10. The van der Waals surface area contributed by atoms with E-state index >= 15 is 0 Å². The van der Waals surface area contributed by atoms with Gasteiger partial charge in [-0.05, 0) is 40.2 Å². The van der Waals surface area contributed by atoms with Crippen LogP contribution < -0.4 is 9.47 Å². The fourth-order valence-electron chi connectivity index (χ4n) is 1.47. The number of halogens is 6. The Morgan fingerprint density at radius 2 is 1.82 bits per heavy atom. The third-order valence-electron chi connectivity index (χ3n) is 2.41. The van der Waals surface area contributed by atoms with Gasteiger partial charge in [0.15, 0.2) is 0 Å². The van der Waals surface area contributed by atoms with Crippen molar-refractivity contribution in [2.45, 2.75) is 12.8 Å². The van der Waals surface area contributed by atoms with Gasteiger partial charge in [0.1, 0.15) is 11.5 Å². The maximum absolute atomic E-state index is 12.4. The second kappa shape index (κ2) is 6.47. The lowest BCUT2D eigenvalue weighted by atomic mass is 10.3. The maximum atomic E-state index is 12.4. The van der Waals surface area contributed by atoms with Gasteiger partial charge >= 0.3 is 12.8 Å². The number of alkyl halides is 5. The highest BCUT2D eigenvalue weighted by Crippen LogP contribution is 2.33. The first-order valence-electron chi connectivity index (χ1n) is 5.71. The molecule has 0 amide bonds. The van der Waals surface area contributed by atoms with Gasteiger partial charge in [-0.1, -0.05) is 0 Å². The molecule has 0 N–H and O–H groups in total. The van der Waals surface area contributed by atoms with Crippen LogP contribution in [0, 0.1) is 0 Å². The quantitative estimate of drug-likeness (QED) is 0.675. The Bertz CT molecular complexity index is 646. The number of aromatic nitrogens is 1. The molecule has 1 aromatic heterocycles. The first kappa shape index (κ1) is 16.5. The largest absolute Gasteiger partial charge is 0.439 e. The number of pyridine rings is 1. The van der Waals surface area contributed by atoms with E-state index in [0.29, 0.717) is 6.20 Å². The zero-order chi connectivity index (χ0) is 16.3. The van der Waals surface area contributed by atoms with Crippen molar-refractivity contribution >= 4 is 15.9 Å². The van der Waals surface area contributed by atoms with Crippen molar-refractivity contribution in [3.05, 3.63) is 46.6 Å². The van der Waals surface area contributed by atoms with Crippen molar-refractivity contribution in [2.75, 3.05) is 0 Å². The first-order chi connectivity index (χ1) is 10.3. The second-order valence-corrected chi connectivity index (χ2v) is 4.81. The van der Waals surface area contributed by atoms with Crippen molar-refractivity contribution in [1.82, 2.24) is 4.98 Å². The molecular weight excluding hydrogens is 377 g/mol. The fraction of sp³-hybridized carbons (Fsp3) is 0.154. The summed E-state index contributed by atoms with van der Waals surface area (Å²) in [5.41, 5.74) is -0.901. The van der Waals surface area contributed by atoms with Gasteiger partial charge < -0.3 is 9.47 Å². The highest BCUT2D eigenvalue weighted by molar-refractivity contribution is 9.10. The molecule has 2 aromatic rings. The Hall–Kier alpha value is -1.90. The number of ether oxygens (including phenoxy) is 2. The van der Waals surface area contributed by atoms with Gasteiger partial charge in [0.25, 0.3) is 0 Å². The summed E-state index contributed by atoms with van der Waals surface area (Å²) in [6, 6.07) is 5.76. The fourth-order valence-corrected chi connectivity index (χ4v) is 1.92. The van der Waals surface area contributed by atoms with Crippen molar-refractivity contribution in [2.24, 2.45) is 0 Å². The van der Waals surface area contributed by atoms with E-state index < -0.39 is 18.4 Å². The van der Waals surface area contributed by atoms with E-state index in [2.05, 4.69) is 25.7 Å². The smallest absolute Gasteiger partial charge is 0.417 e. The van der Waals surface area contributed by atoms with E-state index in [1.165, 1.54) is 18.2 Å². The van der Waals surface area contributed by atoms with Gasteiger partial charge in [-0.25, -0.2) is 4.98 Å². The molecule has 0 unspecified atom stereocenters. The second-order valence-electron chi connectivity index (χ2n) is 3.96. The minimum Gasteiger partial charge on any atom is -0.439 e.